The summed E-state index contributed by atoms with van der Waals surface area (Å²) in [5, 5.41) is 10.4. The van der Waals surface area contributed by atoms with Gasteiger partial charge in [-0.05, 0) is 24.9 Å². The average Bonchev–Trinajstić information content (AvgIpc) is 2.95. The van der Waals surface area contributed by atoms with Crippen molar-refractivity contribution in [1.82, 2.24) is 9.80 Å². The molecular formula is C16H23N3OS. The van der Waals surface area contributed by atoms with Crippen LogP contribution in [-0.4, -0.2) is 58.7 Å². The van der Waals surface area contributed by atoms with Crippen molar-refractivity contribution in [3.63, 3.8) is 0 Å². The van der Waals surface area contributed by atoms with E-state index in [4.69, 9.17) is 18.0 Å². The van der Waals surface area contributed by atoms with Crippen molar-refractivity contribution in [1.29, 1.82) is 0 Å². The zero-order chi connectivity index (χ0) is 14.8. The number of nitrogens with zero attached hydrogens (tertiary/aromatic N) is 2. The van der Waals surface area contributed by atoms with Crippen molar-refractivity contribution in [2.24, 2.45) is 5.73 Å². The first-order chi connectivity index (χ1) is 10.1. The molecule has 0 bridgehead atoms. The van der Waals surface area contributed by atoms with E-state index in [0.717, 1.165) is 30.8 Å². The van der Waals surface area contributed by atoms with Gasteiger partial charge in [0.05, 0.1) is 6.10 Å². The van der Waals surface area contributed by atoms with Gasteiger partial charge in [-0.15, -0.1) is 0 Å². The van der Waals surface area contributed by atoms with Crippen LogP contribution in [0.5, 0.6) is 0 Å². The second-order valence-corrected chi connectivity index (χ2v) is 6.53. The number of fused-ring (bicyclic) bond motifs is 1. The van der Waals surface area contributed by atoms with Crippen LogP contribution in [0.1, 0.15) is 30.1 Å². The van der Waals surface area contributed by atoms with Gasteiger partial charge in [-0.3, -0.25) is 9.80 Å². The Morgan fingerprint density at radius 1 is 1.29 bits per heavy atom. The second kappa shape index (κ2) is 6.40. The maximum atomic E-state index is 10.4. The Morgan fingerprint density at radius 2 is 2.05 bits per heavy atom. The predicted molar refractivity (Wildman–Crippen MR) is 88.3 cm³/mol. The molecule has 2 aliphatic rings. The highest BCUT2D eigenvalue weighted by atomic mass is 32.1. The lowest BCUT2D eigenvalue weighted by atomic mass is 10.1. The van der Waals surface area contributed by atoms with Crippen LogP contribution < -0.4 is 5.73 Å². The summed E-state index contributed by atoms with van der Waals surface area (Å²) in [6.45, 7) is 5.23. The molecule has 1 aromatic rings. The normalized spacial score (nSPS) is 24.7. The predicted octanol–water partition coefficient (Wildman–Crippen LogP) is 1.13. The van der Waals surface area contributed by atoms with Crippen LogP contribution >= 0.6 is 12.2 Å². The Balaban J connectivity index is 1.58. The standard InChI is InChI=1S/C16H23N3OS/c17-16(21)13-5-3-12(4-6-13)15(20)11-18-8-9-19-7-1-2-14(19)10-18/h3-6,14-15,20H,1-2,7-11H2,(H2,17,21). The highest BCUT2D eigenvalue weighted by Gasteiger charge is 2.31. The number of hydrogen-bond donors (Lipinski definition) is 2. The Labute approximate surface area is 131 Å². The molecule has 0 radical (unpaired) electrons. The molecule has 2 heterocycles. The summed E-state index contributed by atoms with van der Waals surface area (Å²) < 4.78 is 0. The van der Waals surface area contributed by atoms with Gasteiger partial charge < -0.3 is 10.8 Å². The van der Waals surface area contributed by atoms with E-state index in [9.17, 15) is 5.11 Å². The summed E-state index contributed by atoms with van der Waals surface area (Å²) in [4.78, 5) is 5.37. The van der Waals surface area contributed by atoms with Gasteiger partial charge in [-0.25, -0.2) is 0 Å². The first-order valence-electron chi connectivity index (χ1n) is 7.68. The SMILES string of the molecule is NC(=S)c1ccc(C(O)CN2CCN3CCCC3C2)cc1. The molecule has 2 fully saturated rings. The van der Waals surface area contributed by atoms with Crippen LogP contribution in [0.25, 0.3) is 0 Å². The molecule has 3 N–H and O–H groups in total. The first kappa shape index (κ1) is 14.9. The van der Waals surface area contributed by atoms with E-state index in [1.54, 1.807) is 0 Å². The summed E-state index contributed by atoms with van der Waals surface area (Å²) in [6, 6.07) is 8.31. The summed E-state index contributed by atoms with van der Waals surface area (Å²) >= 11 is 4.95. The lowest BCUT2D eigenvalue weighted by Crippen LogP contribution is -2.50. The van der Waals surface area contributed by atoms with Crippen LogP contribution in [0.15, 0.2) is 24.3 Å². The molecule has 21 heavy (non-hydrogen) atoms. The molecule has 114 valence electrons. The molecular weight excluding hydrogens is 282 g/mol. The summed E-state index contributed by atoms with van der Waals surface area (Å²) in [5.74, 6) is 0. The van der Waals surface area contributed by atoms with Gasteiger partial charge in [0.2, 0.25) is 0 Å². The summed E-state index contributed by atoms with van der Waals surface area (Å²) in [5.41, 5.74) is 7.38. The van der Waals surface area contributed by atoms with Gasteiger partial charge in [0.25, 0.3) is 0 Å². The zero-order valence-electron chi connectivity index (χ0n) is 12.2. The molecule has 0 amide bonds. The van der Waals surface area contributed by atoms with E-state index >= 15 is 0 Å². The monoisotopic (exact) mass is 305 g/mol. The minimum Gasteiger partial charge on any atom is -0.389 e. The maximum Gasteiger partial charge on any atom is 0.103 e. The van der Waals surface area contributed by atoms with Crippen molar-refractivity contribution in [3.05, 3.63) is 35.4 Å². The van der Waals surface area contributed by atoms with Crippen LogP contribution in [0.2, 0.25) is 0 Å². The van der Waals surface area contributed by atoms with E-state index in [0.29, 0.717) is 17.6 Å². The Hall–Kier alpha value is -1.01. The fourth-order valence-corrected chi connectivity index (χ4v) is 3.58. The van der Waals surface area contributed by atoms with Gasteiger partial charge in [-0.2, -0.15) is 0 Å². The number of rotatable bonds is 4. The molecule has 0 saturated carbocycles. The highest BCUT2D eigenvalue weighted by Crippen LogP contribution is 2.23. The minimum absolute atomic E-state index is 0.397. The minimum atomic E-state index is -0.446. The highest BCUT2D eigenvalue weighted by molar-refractivity contribution is 7.80. The third kappa shape index (κ3) is 3.43. The third-order valence-corrected chi connectivity index (χ3v) is 4.92. The third-order valence-electron chi connectivity index (χ3n) is 4.68. The number of nitrogens with two attached hydrogens (primary N) is 1. The smallest absolute Gasteiger partial charge is 0.103 e. The van der Waals surface area contributed by atoms with E-state index in [2.05, 4.69) is 9.80 Å². The van der Waals surface area contributed by atoms with Crippen molar-refractivity contribution in [2.45, 2.75) is 25.0 Å². The lowest BCUT2D eigenvalue weighted by molar-refractivity contribution is 0.0566. The van der Waals surface area contributed by atoms with Crippen LogP contribution in [0.3, 0.4) is 0 Å². The summed E-state index contributed by atoms with van der Waals surface area (Å²) in [7, 11) is 0. The molecule has 2 aliphatic heterocycles. The Bertz CT molecular complexity index is 505. The summed E-state index contributed by atoms with van der Waals surface area (Å²) in [6.07, 6.45) is 2.18. The van der Waals surface area contributed by atoms with E-state index < -0.39 is 6.10 Å². The Morgan fingerprint density at radius 3 is 2.76 bits per heavy atom. The number of aliphatic hydroxyl groups is 1. The van der Waals surface area contributed by atoms with E-state index in [1.165, 1.54) is 19.4 Å². The topological polar surface area (TPSA) is 52.7 Å². The molecule has 0 aromatic heterocycles. The van der Waals surface area contributed by atoms with Crippen molar-refractivity contribution < 1.29 is 5.11 Å². The molecule has 2 unspecified atom stereocenters. The van der Waals surface area contributed by atoms with Crippen molar-refractivity contribution in [2.75, 3.05) is 32.7 Å². The van der Waals surface area contributed by atoms with Gasteiger partial charge >= 0.3 is 0 Å². The van der Waals surface area contributed by atoms with Gasteiger partial charge in [0.15, 0.2) is 0 Å². The number of piperazine rings is 1. The average molecular weight is 305 g/mol. The lowest BCUT2D eigenvalue weighted by Gasteiger charge is -2.38. The second-order valence-electron chi connectivity index (χ2n) is 6.09. The van der Waals surface area contributed by atoms with Crippen molar-refractivity contribution in [3.8, 4) is 0 Å². The molecule has 1 aromatic carbocycles. The van der Waals surface area contributed by atoms with Gasteiger partial charge in [0.1, 0.15) is 4.99 Å². The largest absolute Gasteiger partial charge is 0.389 e. The van der Waals surface area contributed by atoms with Crippen LogP contribution in [-0.2, 0) is 0 Å². The van der Waals surface area contributed by atoms with Crippen LogP contribution in [0.4, 0.5) is 0 Å². The molecule has 3 rings (SSSR count). The number of benzene rings is 1. The quantitative estimate of drug-likeness (QED) is 0.817. The van der Waals surface area contributed by atoms with Crippen LogP contribution in [0, 0.1) is 0 Å². The zero-order valence-corrected chi connectivity index (χ0v) is 13.1. The molecule has 0 aliphatic carbocycles. The van der Waals surface area contributed by atoms with Crippen molar-refractivity contribution >= 4 is 17.2 Å². The number of β-amino-alcohol motifs (C(OH)–C–C–N with tert-alkyl or cyclic N) is 1. The number of hydrogen-bond acceptors (Lipinski definition) is 4. The van der Waals surface area contributed by atoms with Gasteiger partial charge in [0, 0.05) is 37.8 Å². The fraction of sp³-hybridized carbons (Fsp3) is 0.562. The number of thiocarbonyl (C=S) groups is 1. The number of aliphatic hydroxyl groups excluding tert-OH is 1. The Kier molecular flexibility index (Phi) is 4.54. The van der Waals surface area contributed by atoms with E-state index in [-0.39, 0.29) is 0 Å². The first-order valence-corrected chi connectivity index (χ1v) is 8.08. The molecule has 5 heteroatoms. The fourth-order valence-electron chi connectivity index (χ4n) is 3.44. The molecule has 2 saturated heterocycles. The van der Waals surface area contributed by atoms with E-state index in [1.807, 2.05) is 24.3 Å². The van der Waals surface area contributed by atoms with Gasteiger partial charge in [-0.1, -0.05) is 36.5 Å². The molecule has 4 nitrogen and oxygen atoms in total. The molecule has 0 spiro atoms. The maximum absolute atomic E-state index is 10.4. The molecule has 2 atom stereocenters.